The van der Waals surface area contributed by atoms with Crippen molar-refractivity contribution in [3.05, 3.63) is 69.8 Å². The largest absolute Gasteiger partial charge is 0.323 e. The Morgan fingerprint density at radius 1 is 1.06 bits per heavy atom. The predicted octanol–water partition coefficient (Wildman–Crippen LogP) is 2.71. The van der Waals surface area contributed by atoms with Gasteiger partial charge < -0.3 is 15.1 Å². The number of nitro groups is 1. The molecule has 9 nitrogen and oxygen atoms in total. The minimum absolute atomic E-state index is 0.0384. The van der Waals surface area contributed by atoms with Gasteiger partial charge in [-0.15, -0.1) is 0 Å². The third-order valence-corrected chi connectivity index (χ3v) is 5.31. The van der Waals surface area contributed by atoms with E-state index >= 15 is 0 Å². The molecule has 1 N–H and O–H groups in total. The second-order valence-corrected chi connectivity index (χ2v) is 7.66. The summed E-state index contributed by atoms with van der Waals surface area (Å²) < 4.78 is 0. The quantitative estimate of drug-likeness (QED) is 0.567. The van der Waals surface area contributed by atoms with Gasteiger partial charge in [0.15, 0.2) is 0 Å². The van der Waals surface area contributed by atoms with Crippen molar-refractivity contribution in [3.8, 4) is 0 Å². The molecule has 31 heavy (non-hydrogen) atoms. The number of nitrogens with one attached hydrogen (secondary N) is 1. The molecule has 9 heteroatoms. The van der Waals surface area contributed by atoms with Crippen LogP contribution in [-0.4, -0.2) is 71.3 Å². The minimum Gasteiger partial charge on any atom is -0.323 e. The molecule has 1 aliphatic heterocycles. The zero-order chi connectivity index (χ0) is 22.4. The zero-order valence-electron chi connectivity index (χ0n) is 17.8. The number of aryl methyl sites for hydroxylation is 1. The fourth-order valence-corrected chi connectivity index (χ4v) is 3.61. The smallest absolute Gasteiger partial charge is 0.320 e. The molecule has 1 saturated heterocycles. The Morgan fingerprint density at radius 2 is 1.74 bits per heavy atom. The van der Waals surface area contributed by atoms with Crippen molar-refractivity contribution in [2.24, 2.45) is 0 Å². The molecule has 164 valence electrons. The number of carbonyl (C=O) groups is 2. The maximum atomic E-state index is 12.7. The third-order valence-electron chi connectivity index (χ3n) is 5.31. The standard InChI is InChI=1S/C22H27N5O4/c1-17-7-6-10-19(27(30)31)21(17)23-20(28)16-25-11-13-26(14-12-25)22(29)24(2)15-18-8-4-3-5-9-18/h3-10H,11-16H2,1-2H3,(H,23,28). The van der Waals surface area contributed by atoms with Gasteiger partial charge in [0.1, 0.15) is 5.69 Å². The zero-order valence-corrected chi connectivity index (χ0v) is 17.8. The third kappa shape index (κ3) is 5.79. The lowest BCUT2D eigenvalue weighted by Gasteiger charge is -2.36. The second-order valence-electron chi connectivity index (χ2n) is 7.66. The van der Waals surface area contributed by atoms with Gasteiger partial charge in [-0.05, 0) is 18.1 Å². The van der Waals surface area contributed by atoms with E-state index in [1.807, 2.05) is 35.2 Å². The number of nitrogens with zero attached hydrogens (tertiary/aromatic N) is 4. The summed E-state index contributed by atoms with van der Waals surface area (Å²) in [4.78, 5) is 41.3. The number of rotatable bonds is 6. The summed E-state index contributed by atoms with van der Waals surface area (Å²) in [6, 6.07) is 14.5. The van der Waals surface area contributed by atoms with E-state index in [9.17, 15) is 19.7 Å². The molecule has 0 spiro atoms. The minimum atomic E-state index is -0.501. The summed E-state index contributed by atoms with van der Waals surface area (Å²) in [7, 11) is 1.78. The molecule has 1 heterocycles. The number of piperazine rings is 1. The summed E-state index contributed by atoms with van der Waals surface area (Å²) in [5, 5.41) is 13.9. The lowest BCUT2D eigenvalue weighted by Crippen LogP contribution is -2.53. The molecule has 2 aromatic rings. The summed E-state index contributed by atoms with van der Waals surface area (Å²) in [6.45, 7) is 4.55. The van der Waals surface area contributed by atoms with E-state index in [1.54, 1.807) is 35.9 Å². The lowest BCUT2D eigenvalue weighted by atomic mass is 10.1. The number of nitro benzene ring substituents is 1. The maximum Gasteiger partial charge on any atom is 0.320 e. The molecular weight excluding hydrogens is 398 g/mol. The van der Waals surface area contributed by atoms with Gasteiger partial charge in [-0.1, -0.05) is 42.5 Å². The van der Waals surface area contributed by atoms with Crippen LogP contribution in [0.3, 0.4) is 0 Å². The van der Waals surface area contributed by atoms with Crippen molar-refractivity contribution in [1.29, 1.82) is 0 Å². The van der Waals surface area contributed by atoms with Crippen LogP contribution in [0.5, 0.6) is 0 Å². The Morgan fingerprint density at radius 3 is 2.39 bits per heavy atom. The van der Waals surface area contributed by atoms with E-state index in [0.717, 1.165) is 5.56 Å². The molecule has 0 saturated carbocycles. The van der Waals surface area contributed by atoms with Crippen LogP contribution in [0, 0.1) is 17.0 Å². The van der Waals surface area contributed by atoms with Crippen LogP contribution in [0.2, 0.25) is 0 Å². The van der Waals surface area contributed by atoms with E-state index < -0.39 is 4.92 Å². The van der Waals surface area contributed by atoms with Crippen LogP contribution in [-0.2, 0) is 11.3 Å². The van der Waals surface area contributed by atoms with Gasteiger partial charge in [-0.25, -0.2) is 4.79 Å². The van der Waals surface area contributed by atoms with Crippen LogP contribution < -0.4 is 5.32 Å². The summed E-state index contributed by atoms with van der Waals surface area (Å²) >= 11 is 0. The first-order chi connectivity index (χ1) is 14.8. The Hall–Kier alpha value is -3.46. The molecule has 1 fully saturated rings. The summed E-state index contributed by atoms with van der Waals surface area (Å²) in [5.41, 5.74) is 1.82. The van der Waals surface area contributed by atoms with Crippen molar-refractivity contribution in [1.82, 2.24) is 14.7 Å². The average molecular weight is 425 g/mol. The molecule has 0 aliphatic carbocycles. The highest BCUT2D eigenvalue weighted by molar-refractivity contribution is 5.95. The van der Waals surface area contributed by atoms with Gasteiger partial charge in [0.2, 0.25) is 5.91 Å². The molecular formula is C22H27N5O4. The monoisotopic (exact) mass is 425 g/mol. The molecule has 3 rings (SSSR count). The van der Waals surface area contributed by atoms with Gasteiger partial charge >= 0.3 is 6.03 Å². The van der Waals surface area contributed by atoms with Crippen LogP contribution in [0.15, 0.2) is 48.5 Å². The van der Waals surface area contributed by atoms with Crippen LogP contribution in [0.1, 0.15) is 11.1 Å². The van der Waals surface area contributed by atoms with E-state index in [2.05, 4.69) is 5.32 Å². The average Bonchev–Trinajstić information content (AvgIpc) is 2.75. The Bertz CT molecular complexity index is 942. The Kier molecular flexibility index (Phi) is 7.19. The predicted molar refractivity (Wildman–Crippen MR) is 118 cm³/mol. The fraction of sp³-hybridized carbons (Fsp3) is 0.364. The molecule has 3 amide bonds. The fourth-order valence-electron chi connectivity index (χ4n) is 3.61. The normalized spacial score (nSPS) is 14.2. The van der Waals surface area contributed by atoms with E-state index in [-0.39, 0.29) is 29.9 Å². The Labute approximate surface area is 181 Å². The molecule has 2 aromatic carbocycles. The van der Waals surface area contributed by atoms with Crippen LogP contribution in [0.4, 0.5) is 16.2 Å². The molecule has 0 unspecified atom stereocenters. The lowest BCUT2D eigenvalue weighted by molar-refractivity contribution is -0.384. The highest BCUT2D eigenvalue weighted by Crippen LogP contribution is 2.27. The first kappa shape index (κ1) is 22.2. The molecule has 0 radical (unpaired) electrons. The number of amides is 3. The molecule has 0 bridgehead atoms. The van der Waals surface area contributed by atoms with Crippen LogP contribution in [0.25, 0.3) is 0 Å². The highest BCUT2D eigenvalue weighted by Gasteiger charge is 2.25. The SMILES string of the molecule is Cc1cccc([N+](=O)[O-])c1NC(=O)CN1CCN(C(=O)N(C)Cc2ccccc2)CC1. The second kappa shape index (κ2) is 10.0. The molecule has 1 aliphatic rings. The topological polar surface area (TPSA) is 99.0 Å². The number of para-hydroxylation sites is 1. The number of anilines is 1. The van der Waals surface area contributed by atoms with Crippen molar-refractivity contribution >= 4 is 23.3 Å². The first-order valence-corrected chi connectivity index (χ1v) is 10.2. The Balaban J connectivity index is 1.49. The van der Waals surface area contributed by atoms with Crippen molar-refractivity contribution < 1.29 is 14.5 Å². The van der Waals surface area contributed by atoms with Crippen molar-refractivity contribution in [2.45, 2.75) is 13.5 Å². The van der Waals surface area contributed by atoms with Crippen molar-refractivity contribution in [2.75, 3.05) is 45.1 Å². The van der Waals surface area contributed by atoms with Gasteiger partial charge in [-0.3, -0.25) is 19.8 Å². The maximum absolute atomic E-state index is 12.7. The first-order valence-electron chi connectivity index (χ1n) is 10.2. The van der Waals surface area contributed by atoms with Gasteiger partial charge in [0, 0.05) is 45.8 Å². The van der Waals surface area contributed by atoms with Gasteiger partial charge in [0.05, 0.1) is 11.5 Å². The van der Waals surface area contributed by atoms with E-state index in [0.29, 0.717) is 38.3 Å². The van der Waals surface area contributed by atoms with E-state index in [1.165, 1.54) is 6.07 Å². The van der Waals surface area contributed by atoms with Crippen LogP contribution >= 0.6 is 0 Å². The number of hydrogen-bond acceptors (Lipinski definition) is 5. The van der Waals surface area contributed by atoms with Crippen molar-refractivity contribution in [3.63, 3.8) is 0 Å². The summed E-state index contributed by atoms with van der Waals surface area (Å²) in [6.07, 6.45) is 0. The number of benzene rings is 2. The van der Waals surface area contributed by atoms with E-state index in [4.69, 9.17) is 0 Å². The molecule has 0 atom stereocenters. The number of hydrogen-bond donors (Lipinski definition) is 1. The molecule has 0 aromatic heterocycles. The van der Waals surface area contributed by atoms with Gasteiger partial charge in [-0.2, -0.15) is 0 Å². The highest BCUT2D eigenvalue weighted by atomic mass is 16.6. The number of urea groups is 1. The number of carbonyl (C=O) groups excluding carboxylic acids is 2. The van der Waals surface area contributed by atoms with Gasteiger partial charge in [0.25, 0.3) is 5.69 Å². The summed E-state index contributed by atoms with van der Waals surface area (Å²) in [5.74, 6) is -0.307.